The van der Waals surface area contributed by atoms with Crippen LogP contribution in [0.1, 0.15) is 11.1 Å². The molecule has 0 radical (unpaired) electrons. The smallest absolute Gasteiger partial charge is 0.118 e. The zero-order valence-corrected chi connectivity index (χ0v) is 12.3. The lowest BCUT2D eigenvalue weighted by molar-refractivity contribution is 0.415. The van der Waals surface area contributed by atoms with Crippen molar-refractivity contribution in [3.8, 4) is 11.8 Å². The largest absolute Gasteiger partial charge is 0.497 e. The van der Waals surface area contributed by atoms with Crippen LogP contribution >= 0.6 is 0 Å². The molecule has 3 rings (SSSR count). The Kier molecular flexibility index (Phi) is 3.89. The zero-order valence-electron chi connectivity index (χ0n) is 12.3. The van der Waals surface area contributed by atoms with Gasteiger partial charge in [0.1, 0.15) is 5.75 Å². The molecule has 0 N–H and O–H groups in total. The van der Waals surface area contributed by atoms with Gasteiger partial charge in [-0.05, 0) is 52.2 Å². The van der Waals surface area contributed by atoms with Gasteiger partial charge < -0.3 is 4.74 Å². The van der Waals surface area contributed by atoms with Gasteiger partial charge in [0, 0.05) is 0 Å². The van der Waals surface area contributed by atoms with E-state index in [-0.39, 0.29) is 0 Å². The number of rotatable bonds is 3. The predicted octanol–water partition coefficient (Wildman–Crippen LogP) is 4.91. The van der Waals surface area contributed by atoms with Gasteiger partial charge >= 0.3 is 0 Å². The van der Waals surface area contributed by atoms with Crippen LogP contribution in [0.4, 0.5) is 0 Å². The van der Waals surface area contributed by atoms with Gasteiger partial charge in [-0.15, -0.1) is 0 Å². The van der Waals surface area contributed by atoms with Gasteiger partial charge in [0.05, 0.1) is 18.8 Å². The van der Waals surface area contributed by atoms with Gasteiger partial charge in [0.2, 0.25) is 0 Å². The van der Waals surface area contributed by atoms with Gasteiger partial charge in [0.25, 0.3) is 0 Å². The lowest BCUT2D eigenvalue weighted by Gasteiger charge is -2.05. The zero-order chi connectivity index (χ0) is 15.4. The van der Waals surface area contributed by atoms with Gasteiger partial charge in [-0.25, -0.2) is 0 Å². The topological polar surface area (TPSA) is 33.0 Å². The van der Waals surface area contributed by atoms with E-state index in [1.807, 2.05) is 54.6 Å². The van der Waals surface area contributed by atoms with E-state index < -0.39 is 0 Å². The molecular weight excluding hydrogens is 270 g/mol. The first-order chi connectivity index (χ1) is 10.8. The molecule has 0 atom stereocenters. The average molecular weight is 285 g/mol. The highest BCUT2D eigenvalue weighted by Crippen LogP contribution is 2.25. The fourth-order valence-electron chi connectivity index (χ4n) is 2.48. The third-order valence-electron chi connectivity index (χ3n) is 3.64. The maximum atomic E-state index is 9.49. The Hall–Kier alpha value is -3.05. The molecule has 106 valence electrons. The first kappa shape index (κ1) is 13.9. The minimum Gasteiger partial charge on any atom is -0.497 e. The standard InChI is InChI=1S/C20H15NO/c1-22-19-11-9-15(10-12-19)18(14-21)13-17-7-4-6-16-5-2-3-8-20(16)17/h2-13H,1H3/b18-13+. The number of benzene rings is 3. The average Bonchev–Trinajstić information content (AvgIpc) is 2.60. The van der Waals surface area contributed by atoms with Crippen molar-refractivity contribution >= 4 is 22.4 Å². The molecule has 0 aliphatic heterocycles. The summed E-state index contributed by atoms with van der Waals surface area (Å²) in [5.74, 6) is 0.784. The number of fused-ring (bicyclic) bond motifs is 1. The highest BCUT2D eigenvalue weighted by Gasteiger charge is 2.04. The molecule has 3 aromatic carbocycles. The molecule has 0 saturated carbocycles. The van der Waals surface area contributed by atoms with E-state index >= 15 is 0 Å². The number of allylic oxidation sites excluding steroid dienone is 1. The summed E-state index contributed by atoms with van der Waals surface area (Å²) in [6.45, 7) is 0. The van der Waals surface area contributed by atoms with Crippen LogP contribution in [0.25, 0.3) is 22.4 Å². The monoisotopic (exact) mass is 285 g/mol. The van der Waals surface area contributed by atoms with E-state index in [0.29, 0.717) is 5.57 Å². The van der Waals surface area contributed by atoms with Crippen molar-refractivity contribution in [2.24, 2.45) is 0 Å². The highest BCUT2D eigenvalue weighted by molar-refractivity contribution is 5.98. The van der Waals surface area contributed by atoms with E-state index in [0.717, 1.165) is 22.3 Å². The Labute approximate surface area is 129 Å². The van der Waals surface area contributed by atoms with E-state index in [1.165, 1.54) is 5.39 Å². The van der Waals surface area contributed by atoms with Gasteiger partial charge in [-0.3, -0.25) is 0 Å². The molecule has 0 amide bonds. The summed E-state index contributed by atoms with van der Waals surface area (Å²) in [5, 5.41) is 11.8. The van der Waals surface area contributed by atoms with E-state index in [9.17, 15) is 5.26 Å². The number of methoxy groups -OCH3 is 1. The number of ether oxygens (including phenoxy) is 1. The fraction of sp³-hybridized carbons (Fsp3) is 0.0500. The van der Waals surface area contributed by atoms with Crippen molar-refractivity contribution in [2.75, 3.05) is 7.11 Å². The molecule has 0 saturated heterocycles. The molecule has 0 spiro atoms. The number of nitriles is 1. The van der Waals surface area contributed by atoms with Crippen LogP contribution in [-0.2, 0) is 0 Å². The second-order valence-corrected chi connectivity index (χ2v) is 4.97. The first-order valence-corrected chi connectivity index (χ1v) is 7.06. The van der Waals surface area contributed by atoms with Crippen LogP contribution in [0, 0.1) is 11.3 Å². The Morgan fingerprint density at radius 3 is 2.41 bits per heavy atom. The minimum absolute atomic E-state index is 0.638. The van der Waals surface area contributed by atoms with Crippen LogP contribution in [0.3, 0.4) is 0 Å². The van der Waals surface area contributed by atoms with Crippen molar-refractivity contribution in [1.29, 1.82) is 5.26 Å². The minimum atomic E-state index is 0.638. The summed E-state index contributed by atoms with van der Waals surface area (Å²) in [5.41, 5.74) is 2.57. The predicted molar refractivity (Wildman–Crippen MR) is 90.4 cm³/mol. The Morgan fingerprint density at radius 1 is 0.955 bits per heavy atom. The fourth-order valence-corrected chi connectivity index (χ4v) is 2.48. The second kappa shape index (κ2) is 6.15. The molecule has 0 aliphatic carbocycles. The van der Waals surface area contributed by atoms with Crippen molar-refractivity contribution in [1.82, 2.24) is 0 Å². The van der Waals surface area contributed by atoms with Crippen molar-refractivity contribution in [3.63, 3.8) is 0 Å². The normalized spacial score (nSPS) is 11.2. The lowest BCUT2D eigenvalue weighted by atomic mass is 9.99. The van der Waals surface area contributed by atoms with Crippen LogP contribution in [0.2, 0.25) is 0 Å². The maximum absolute atomic E-state index is 9.49. The van der Waals surface area contributed by atoms with Gasteiger partial charge in [-0.1, -0.05) is 42.5 Å². The first-order valence-electron chi connectivity index (χ1n) is 7.06. The summed E-state index contributed by atoms with van der Waals surface area (Å²) in [4.78, 5) is 0. The molecule has 0 unspecified atom stereocenters. The van der Waals surface area contributed by atoms with Crippen LogP contribution in [-0.4, -0.2) is 7.11 Å². The van der Waals surface area contributed by atoms with E-state index in [2.05, 4.69) is 24.3 Å². The van der Waals surface area contributed by atoms with Crippen LogP contribution < -0.4 is 4.74 Å². The molecule has 2 heteroatoms. The van der Waals surface area contributed by atoms with E-state index in [1.54, 1.807) is 7.11 Å². The quantitative estimate of drug-likeness (QED) is 0.506. The van der Waals surface area contributed by atoms with Crippen molar-refractivity contribution < 1.29 is 4.74 Å². The Morgan fingerprint density at radius 2 is 1.68 bits per heavy atom. The van der Waals surface area contributed by atoms with Crippen molar-refractivity contribution in [2.45, 2.75) is 0 Å². The molecule has 22 heavy (non-hydrogen) atoms. The maximum Gasteiger partial charge on any atom is 0.118 e. The summed E-state index contributed by atoms with van der Waals surface area (Å²) in [6.07, 6.45) is 1.93. The van der Waals surface area contributed by atoms with E-state index in [4.69, 9.17) is 4.74 Å². The Bertz CT molecular complexity index is 865. The third-order valence-corrected chi connectivity index (χ3v) is 3.64. The van der Waals surface area contributed by atoms with Gasteiger partial charge in [-0.2, -0.15) is 5.26 Å². The third kappa shape index (κ3) is 2.70. The number of nitrogens with zero attached hydrogens (tertiary/aromatic N) is 1. The molecule has 0 aliphatic rings. The molecular formula is C20H15NO. The van der Waals surface area contributed by atoms with Gasteiger partial charge in [0.15, 0.2) is 0 Å². The lowest BCUT2D eigenvalue weighted by Crippen LogP contribution is -1.86. The molecule has 0 heterocycles. The second-order valence-electron chi connectivity index (χ2n) is 4.97. The van der Waals surface area contributed by atoms with Crippen molar-refractivity contribution in [3.05, 3.63) is 77.9 Å². The molecule has 2 nitrogen and oxygen atoms in total. The summed E-state index contributed by atoms with van der Waals surface area (Å²) in [7, 11) is 1.63. The van der Waals surface area contributed by atoms with Crippen LogP contribution in [0.5, 0.6) is 5.75 Å². The molecule has 3 aromatic rings. The number of hydrogen-bond donors (Lipinski definition) is 0. The Balaban J connectivity index is 2.09. The summed E-state index contributed by atoms with van der Waals surface area (Å²) < 4.78 is 5.16. The SMILES string of the molecule is COc1ccc(/C(C#N)=C/c2cccc3ccccc23)cc1. The highest BCUT2D eigenvalue weighted by atomic mass is 16.5. The van der Waals surface area contributed by atoms with Crippen LogP contribution in [0.15, 0.2) is 66.7 Å². The number of hydrogen-bond acceptors (Lipinski definition) is 2. The molecule has 0 fully saturated rings. The molecule has 0 aromatic heterocycles. The summed E-state index contributed by atoms with van der Waals surface area (Å²) in [6, 6.07) is 24.1. The molecule has 0 bridgehead atoms. The summed E-state index contributed by atoms with van der Waals surface area (Å²) >= 11 is 0.